The van der Waals surface area contributed by atoms with Crippen LogP contribution in [0.4, 0.5) is 0 Å². The van der Waals surface area contributed by atoms with Crippen LogP contribution >= 0.6 is 0 Å². The molecule has 0 aliphatic rings. The molecular formula is C32H42N6O. The van der Waals surface area contributed by atoms with E-state index in [1.165, 1.54) is 0 Å². The zero-order chi connectivity index (χ0) is 28.5. The molecule has 2 atom stereocenters. The fraction of sp³-hybridized carbons (Fsp3) is 0.406. The minimum atomic E-state index is -0.612. The van der Waals surface area contributed by atoms with Crippen molar-refractivity contribution in [1.82, 2.24) is 25.3 Å². The number of amides is 1. The number of hydrogen-bond donors (Lipinski definition) is 4. The lowest BCUT2D eigenvalue weighted by Gasteiger charge is -2.35. The number of nitrogens with one attached hydrogen (secondary N) is 3. The second-order valence-corrected chi connectivity index (χ2v) is 12.3. The number of aromatic nitrogens is 4. The molecule has 1 amide bonds. The van der Waals surface area contributed by atoms with Crippen molar-refractivity contribution >= 4 is 5.91 Å². The van der Waals surface area contributed by atoms with Crippen LogP contribution in [0.15, 0.2) is 60.9 Å². The average Bonchev–Trinajstić information content (AvgIpc) is 3.59. The van der Waals surface area contributed by atoms with Crippen molar-refractivity contribution in [3.8, 4) is 33.6 Å². The summed E-state index contributed by atoms with van der Waals surface area (Å²) >= 11 is 0. The van der Waals surface area contributed by atoms with E-state index in [0.29, 0.717) is 5.92 Å². The van der Waals surface area contributed by atoms with E-state index in [1.807, 2.05) is 40.1 Å². The van der Waals surface area contributed by atoms with Crippen molar-refractivity contribution in [3.63, 3.8) is 0 Å². The molecule has 0 radical (unpaired) electrons. The van der Waals surface area contributed by atoms with Gasteiger partial charge in [0.2, 0.25) is 5.91 Å². The van der Waals surface area contributed by atoms with Gasteiger partial charge < -0.3 is 21.0 Å². The number of nitrogens with zero attached hydrogens (tertiary/aromatic N) is 2. The Labute approximate surface area is 232 Å². The van der Waals surface area contributed by atoms with Crippen LogP contribution in [0.25, 0.3) is 33.6 Å². The van der Waals surface area contributed by atoms with Crippen LogP contribution in [0.3, 0.4) is 0 Å². The summed E-state index contributed by atoms with van der Waals surface area (Å²) in [5.41, 5.74) is 11.4. The number of hydrogen-bond acceptors (Lipinski definition) is 4. The van der Waals surface area contributed by atoms with Gasteiger partial charge in [-0.3, -0.25) is 4.79 Å². The third kappa shape index (κ3) is 5.98. The molecule has 4 aromatic rings. The Bertz CT molecular complexity index is 1410. The largest absolute Gasteiger partial charge is 0.343 e. The molecule has 0 saturated heterocycles. The lowest BCUT2D eigenvalue weighted by atomic mass is 9.85. The van der Waals surface area contributed by atoms with Crippen molar-refractivity contribution in [1.29, 1.82) is 0 Å². The molecule has 39 heavy (non-hydrogen) atoms. The molecule has 206 valence electrons. The molecule has 0 fully saturated rings. The third-order valence-corrected chi connectivity index (χ3v) is 7.63. The first kappa shape index (κ1) is 28.3. The second kappa shape index (κ2) is 10.8. The summed E-state index contributed by atoms with van der Waals surface area (Å²) in [6.45, 7) is 16.2. The van der Waals surface area contributed by atoms with Gasteiger partial charge >= 0.3 is 0 Å². The Morgan fingerprint density at radius 1 is 0.769 bits per heavy atom. The first-order valence-corrected chi connectivity index (χ1v) is 13.7. The number of aromatic amines is 2. The standard InChI is InChI=1S/C32H42N6O/c1-19(2)27(33)28-34-17-25(36-28)23-13-9-21(10-14-23)22-11-15-24(16-12-22)26-18-35-29(37-26)32(8,20(3)4)38-30(39)31(5,6)7/h9-20,27H,33H2,1-8H3,(H,34,36)(H,35,37)(H,38,39)/t27-,32+/m0/s1. The number of carbonyl (C=O) groups is 1. The van der Waals surface area contributed by atoms with E-state index >= 15 is 0 Å². The van der Waals surface area contributed by atoms with Crippen molar-refractivity contribution < 1.29 is 4.79 Å². The number of rotatable bonds is 8. The maximum absolute atomic E-state index is 12.8. The molecule has 0 aliphatic heterocycles. The number of nitrogens with two attached hydrogens (primary N) is 1. The normalized spacial score (nSPS) is 14.4. The Morgan fingerprint density at radius 2 is 1.23 bits per heavy atom. The summed E-state index contributed by atoms with van der Waals surface area (Å²) in [6, 6.07) is 16.7. The molecule has 4 rings (SSSR count). The molecule has 0 saturated carbocycles. The zero-order valence-corrected chi connectivity index (χ0v) is 24.4. The van der Waals surface area contributed by atoms with Crippen LogP contribution in [-0.4, -0.2) is 25.8 Å². The minimum Gasteiger partial charge on any atom is -0.343 e. The maximum Gasteiger partial charge on any atom is 0.226 e. The third-order valence-electron chi connectivity index (χ3n) is 7.63. The van der Waals surface area contributed by atoms with Gasteiger partial charge in [0.05, 0.1) is 35.4 Å². The minimum absolute atomic E-state index is 0.000811. The number of benzene rings is 2. The van der Waals surface area contributed by atoms with Gasteiger partial charge in [-0.05, 0) is 41.0 Å². The quantitative estimate of drug-likeness (QED) is 0.202. The predicted octanol–water partition coefficient (Wildman–Crippen LogP) is 6.82. The van der Waals surface area contributed by atoms with Crippen LogP contribution < -0.4 is 11.1 Å². The molecule has 0 aliphatic carbocycles. The molecule has 2 aromatic heterocycles. The fourth-order valence-electron chi connectivity index (χ4n) is 4.29. The van der Waals surface area contributed by atoms with E-state index in [4.69, 9.17) is 5.73 Å². The zero-order valence-electron chi connectivity index (χ0n) is 24.4. The predicted molar refractivity (Wildman–Crippen MR) is 159 cm³/mol. The first-order chi connectivity index (χ1) is 18.3. The summed E-state index contributed by atoms with van der Waals surface area (Å²) in [6.07, 6.45) is 3.69. The highest BCUT2D eigenvalue weighted by atomic mass is 16.2. The van der Waals surface area contributed by atoms with Crippen LogP contribution in [0, 0.1) is 17.3 Å². The van der Waals surface area contributed by atoms with Crippen molar-refractivity contribution in [2.45, 2.75) is 67.0 Å². The molecular weight excluding hydrogens is 484 g/mol. The molecule has 0 spiro atoms. The molecule has 0 unspecified atom stereocenters. The lowest BCUT2D eigenvalue weighted by molar-refractivity contribution is -0.131. The summed E-state index contributed by atoms with van der Waals surface area (Å²) in [4.78, 5) is 28.8. The van der Waals surface area contributed by atoms with Gasteiger partial charge in [0.15, 0.2) is 0 Å². The van der Waals surface area contributed by atoms with Crippen LogP contribution in [0.5, 0.6) is 0 Å². The van der Waals surface area contributed by atoms with E-state index in [9.17, 15) is 4.79 Å². The average molecular weight is 527 g/mol. The van der Waals surface area contributed by atoms with E-state index in [-0.39, 0.29) is 17.9 Å². The topological polar surface area (TPSA) is 112 Å². The molecule has 2 heterocycles. The molecule has 7 nitrogen and oxygen atoms in total. The summed E-state index contributed by atoms with van der Waals surface area (Å²) in [5.74, 6) is 2.03. The van der Waals surface area contributed by atoms with E-state index < -0.39 is 11.0 Å². The van der Waals surface area contributed by atoms with Gasteiger partial charge in [0.1, 0.15) is 11.6 Å². The number of H-pyrrole nitrogens is 2. The summed E-state index contributed by atoms with van der Waals surface area (Å²) in [5, 5.41) is 3.23. The van der Waals surface area contributed by atoms with E-state index in [1.54, 1.807) is 0 Å². The van der Waals surface area contributed by atoms with Gasteiger partial charge in [-0.2, -0.15) is 0 Å². The first-order valence-electron chi connectivity index (χ1n) is 13.7. The molecule has 2 aromatic carbocycles. The van der Waals surface area contributed by atoms with Gasteiger partial charge in [0.25, 0.3) is 0 Å². The molecule has 0 bridgehead atoms. The Hall–Kier alpha value is -3.71. The van der Waals surface area contributed by atoms with Gasteiger partial charge in [0, 0.05) is 5.41 Å². The summed E-state index contributed by atoms with van der Waals surface area (Å²) < 4.78 is 0. The SMILES string of the molecule is CC(C)[C@H](N)c1ncc(-c2ccc(-c3ccc(-c4cnc([C@](C)(NC(=O)C(C)(C)C)C(C)C)[nH]4)cc3)cc2)[nH]1. The fourth-order valence-corrected chi connectivity index (χ4v) is 4.29. The van der Waals surface area contributed by atoms with Gasteiger partial charge in [-0.15, -0.1) is 0 Å². The Balaban J connectivity index is 1.51. The van der Waals surface area contributed by atoms with Gasteiger partial charge in [-0.25, -0.2) is 9.97 Å². The van der Waals surface area contributed by atoms with Crippen LogP contribution in [0.1, 0.15) is 73.1 Å². The van der Waals surface area contributed by atoms with Crippen LogP contribution in [-0.2, 0) is 10.3 Å². The second-order valence-electron chi connectivity index (χ2n) is 12.3. The van der Waals surface area contributed by atoms with E-state index in [2.05, 4.69) is 101 Å². The Morgan fingerprint density at radius 3 is 1.69 bits per heavy atom. The smallest absolute Gasteiger partial charge is 0.226 e. The highest BCUT2D eigenvalue weighted by Crippen LogP contribution is 2.32. The summed E-state index contributed by atoms with van der Waals surface area (Å²) in [7, 11) is 0. The monoisotopic (exact) mass is 526 g/mol. The lowest BCUT2D eigenvalue weighted by Crippen LogP contribution is -2.51. The molecule has 5 N–H and O–H groups in total. The van der Waals surface area contributed by atoms with Crippen molar-refractivity contribution in [3.05, 3.63) is 72.6 Å². The number of imidazole rings is 2. The van der Waals surface area contributed by atoms with Gasteiger partial charge in [-0.1, -0.05) is 97.0 Å². The van der Waals surface area contributed by atoms with Crippen molar-refractivity contribution in [2.75, 3.05) is 0 Å². The highest BCUT2D eigenvalue weighted by Gasteiger charge is 2.38. The van der Waals surface area contributed by atoms with Crippen LogP contribution in [0.2, 0.25) is 0 Å². The number of carbonyl (C=O) groups excluding carboxylic acids is 1. The Kier molecular flexibility index (Phi) is 7.84. The maximum atomic E-state index is 12.8. The van der Waals surface area contributed by atoms with Crippen molar-refractivity contribution in [2.24, 2.45) is 23.0 Å². The van der Waals surface area contributed by atoms with E-state index in [0.717, 1.165) is 45.3 Å². The molecule has 7 heteroatoms. The highest BCUT2D eigenvalue weighted by molar-refractivity contribution is 5.82.